The molecule has 19 heavy (non-hydrogen) atoms. The second kappa shape index (κ2) is 6.95. The SMILES string of the molecule is CCCCCCn1c(CCCl)nc2ccc(C)cc21. The molecule has 0 atom stereocenters. The molecule has 2 nitrogen and oxygen atoms in total. The third-order valence-electron chi connectivity index (χ3n) is 3.54. The highest BCUT2D eigenvalue weighted by molar-refractivity contribution is 6.17. The van der Waals surface area contributed by atoms with Gasteiger partial charge in [-0.3, -0.25) is 0 Å². The van der Waals surface area contributed by atoms with E-state index in [1.165, 1.54) is 36.8 Å². The van der Waals surface area contributed by atoms with Crippen LogP contribution in [0.2, 0.25) is 0 Å². The molecule has 0 aliphatic carbocycles. The Kier molecular flexibility index (Phi) is 5.26. The lowest BCUT2D eigenvalue weighted by atomic mass is 10.2. The Balaban J connectivity index is 2.25. The summed E-state index contributed by atoms with van der Waals surface area (Å²) in [6, 6.07) is 6.48. The zero-order valence-corrected chi connectivity index (χ0v) is 12.7. The van der Waals surface area contributed by atoms with Crippen molar-refractivity contribution in [3.63, 3.8) is 0 Å². The summed E-state index contributed by atoms with van der Waals surface area (Å²) < 4.78 is 2.36. The van der Waals surface area contributed by atoms with Gasteiger partial charge in [0.1, 0.15) is 5.82 Å². The van der Waals surface area contributed by atoms with Crippen molar-refractivity contribution in [3.8, 4) is 0 Å². The Hall–Kier alpha value is -1.02. The molecule has 3 heteroatoms. The maximum absolute atomic E-state index is 5.90. The number of benzene rings is 1. The van der Waals surface area contributed by atoms with Crippen molar-refractivity contribution in [2.45, 2.75) is 52.5 Å². The summed E-state index contributed by atoms with van der Waals surface area (Å²) in [4.78, 5) is 4.72. The lowest BCUT2D eigenvalue weighted by Crippen LogP contribution is -2.05. The van der Waals surface area contributed by atoms with Crippen molar-refractivity contribution in [1.29, 1.82) is 0 Å². The predicted octanol–water partition coefficient (Wildman–Crippen LogP) is 4.71. The molecule has 0 spiro atoms. The Morgan fingerprint density at radius 3 is 2.79 bits per heavy atom. The number of aryl methyl sites for hydroxylation is 3. The first-order valence-corrected chi connectivity index (χ1v) is 7.81. The predicted molar refractivity (Wildman–Crippen MR) is 83.0 cm³/mol. The monoisotopic (exact) mass is 278 g/mol. The number of aromatic nitrogens is 2. The molecule has 0 aliphatic heterocycles. The van der Waals surface area contributed by atoms with Gasteiger partial charge in [-0.15, -0.1) is 11.6 Å². The van der Waals surface area contributed by atoms with Gasteiger partial charge in [-0.1, -0.05) is 32.3 Å². The summed E-state index contributed by atoms with van der Waals surface area (Å²) in [5, 5.41) is 0. The third kappa shape index (κ3) is 3.50. The summed E-state index contributed by atoms with van der Waals surface area (Å²) in [6.07, 6.45) is 5.96. The molecule has 0 saturated heterocycles. The highest BCUT2D eigenvalue weighted by Crippen LogP contribution is 2.19. The van der Waals surface area contributed by atoms with Crippen LogP contribution in [0.15, 0.2) is 18.2 Å². The fourth-order valence-electron chi connectivity index (χ4n) is 2.50. The van der Waals surface area contributed by atoms with E-state index in [2.05, 4.69) is 36.6 Å². The number of imidazole rings is 1. The van der Waals surface area contributed by atoms with Gasteiger partial charge in [0.15, 0.2) is 0 Å². The zero-order valence-electron chi connectivity index (χ0n) is 12.0. The van der Waals surface area contributed by atoms with Gasteiger partial charge in [-0.05, 0) is 31.0 Å². The second-order valence-corrected chi connectivity index (χ2v) is 5.55. The molecule has 0 fully saturated rings. The molecule has 0 amide bonds. The van der Waals surface area contributed by atoms with Crippen LogP contribution >= 0.6 is 11.6 Å². The third-order valence-corrected chi connectivity index (χ3v) is 3.73. The van der Waals surface area contributed by atoms with E-state index in [1.54, 1.807) is 0 Å². The topological polar surface area (TPSA) is 17.8 Å². The molecule has 0 saturated carbocycles. The quantitative estimate of drug-likeness (QED) is 0.530. The van der Waals surface area contributed by atoms with Crippen LogP contribution in [0.4, 0.5) is 0 Å². The molecule has 2 rings (SSSR count). The number of hydrogen-bond acceptors (Lipinski definition) is 1. The van der Waals surface area contributed by atoms with Crippen molar-refractivity contribution in [2.75, 3.05) is 5.88 Å². The fraction of sp³-hybridized carbons (Fsp3) is 0.562. The van der Waals surface area contributed by atoms with E-state index in [9.17, 15) is 0 Å². The van der Waals surface area contributed by atoms with E-state index >= 15 is 0 Å². The van der Waals surface area contributed by atoms with Gasteiger partial charge in [-0.25, -0.2) is 4.98 Å². The van der Waals surface area contributed by atoms with E-state index in [1.807, 2.05) is 0 Å². The minimum Gasteiger partial charge on any atom is -0.328 e. The van der Waals surface area contributed by atoms with Crippen molar-refractivity contribution in [2.24, 2.45) is 0 Å². The highest BCUT2D eigenvalue weighted by Gasteiger charge is 2.10. The van der Waals surface area contributed by atoms with Gasteiger partial charge >= 0.3 is 0 Å². The summed E-state index contributed by atoms with van der Waals surface area (Å²) in [7, 11) is 0. The average Bonchev–Trinajstić information content (AvgIpc) is 2.73. The van der Waals surface area contributed by atoms with Crippen LogP contribution < -0.4 is 0 Å². The minimum absolute atomic E-state index is 0.636. The first-order valence-electron chi connectivity index (χ1n) is 7.28. The molecule has 0 N–H and O–H groups in total. The minimum atomic E-state index is 0.636. The fourth-order valence-corrected chi connectivity index (χ4v) is 2.67. The number of hydrogen-bond donors (Lipinski definition) is 0. The number of fused-ring (bicyclic) bond motifs is 1. The standard InChI is InChI=1S/C16H23ClN2/c1-3-4-5-6-11-19-15-12-13(2)7-8-14(15)18-16(19)9-10-17/h7-8,12H,3-6,9-11H2,1-2H3. The molecule has 1 heterocycles. The van der Waals surface area contributed by atoms with Crippen molar-refractivity contribution < 1.29 is 0 Å². The van der Waals surface area contributed by atoms with E-state index in [4.69, 9.17) is 16.6 Å². The normalized spacial score (nSPS) is 11.3. The summed E-state index contributed by atoms with van der Waals surface area (Å²) in [5.41, 5.74) is 3.65. The van der Waals surface area contributed by atoms with Crippen molar-refractivity contribution in [3.05, 3.63) is 29.6 Å². The summed E-state index contributed by atoms with van der Waals surface area (Å²) >= 11 is 5.90. The van der Waals surface area contributed by atoms with Gasteiger partial charge in [0.05, 0.1) is 11.0 Å². The van der Waals surface area contributed by atoms with Crippen LogP contribution in [0.1, 0.15) is 44.0 Å². The van der Waals surface area contributed by atoms with E-state index in [-0.39, 0.29) is 0 Å². The molecule has 104 valence electrons. The van der Waals surface area contributed by atoms with Crippen LogP contribution in [0.3, 0.4) is 0 Å². The molecular formula is C16H23ClN2. The molecule has 0 aliphatic rings. The first-order chi connectivity index (χ1) is 9.26. The highest BCUT2D eigenvalue weighted by atomic mass is 35.5. The smallest absolute Gasteiger partial charge is 0.111 e. The average molecular weight is 279 g/mol. The Morgan fingerprint density at radius 1 is 1.21 bits per heavy atom. The lowest BCUT2D eigenvalue weighted by Gasteiger charge is -2.08. The van der Waals surface area contributed by atoms with Crippen LogP contribution in [-0.2, 0) is 13.0 Å². The number of halogens is 1. The number of rotatable bonds is 7. The maximum Gasteiger partial charge on any atom is 0.111 e. The Morgan fingerprint density at radius 2 is 2.05 bits per heavy atom. The largest absolute Gasteiger partial charge is 0.328 e. The molecule has 1 aromatic carbocycles. The van der Waals surface area contributed by atoms with Gasteiger partial charge in [0, 0.05) is 18.8 Å². The number of nitrogens with zero attached hydrogens (tertiary/aromatic N) is 2. The Bertz CT molecular complexity index is 531. The molecule has 1 aromatic heterocycles. The van der Waals surface area contributed by atoms with Crippen molar-refractivity contribution in [1.82, 2.24) is 9.55 Å². The van der Waals surface area contributed by atoms with Gasteiger partial charge in [0.2, 0.25) is 0 Å². The molecule has 0 bridgehead atoms. The second-order valence-electron chi connectivity index (χ2n) is 5.17. The van der Waals surface area contributed by atoms with Gasteiger partial charge in [0.25, 0.3) is 0 Å². The van der Waals surface area contributed by atoms with Crippen LogP contribution in [0, 0.1) is 6.92 Å². The van der Waals surface area contributed by atoms with Crippen LogP contribution in [0.5, 0.6) is 0 Å². The van der Waals surface area contributed by atoms with Crippen LogP contribution in [-0.4, -0.2) is 15.4 Å². The Labute approximate surface area is 120 Å². The van der Waals surface area contributed by atoms with Gasteiger partial charge in [-0.2, -0.15) is 0 Å². The molecule has 0 unspecified atom stereocenters. The number of alkyl halides is 1. The first kappa shape index (κ1) is 14.4. The molecule has 0 radical (unpaired) electrons. The van der Waals surface area contributed by atoms with Gasteiger partial charge < -0.3 is 4.57 Å². The van der Waals surface area contributed by atoms with Crippen molar-refractivity contribution >= 4 is 22.6 Å². The summed E-state index contributed by atoms with van der Waals surface area (Å²) in [5.74, 6) is 1.77. The van der Waals surface area contributed by atoms with Crippen LogP contribution in [0.25, 0.3) is 11.0 Å². The lowest BCUT2D eigenvalue weighted by molar-refractivity contribution is 0.576. The zero-order chi connectivity index (χ0) is 13.7. The summed E-state index contributed by atoms with van der Waals surface area (Å²) in [6.45, 7) is 5.44. The molecule has 2 aromatic rings. The molecular weight excluding hydrogens is 256 g/mol. The number of unbranched alkanes of at least 4 members (excludes halogenated alkanes) is 3. The van der Waals surface area contributed by atoms with E-state index < -0.39 is 0 Å². The maximum atomic E-state index is 5.90. The van der Waals surface area contributed by atoms with E-state index in [0.29, 0.717) is 5.88 Å². The van der Waals surface area contributed by atoms with E-state index in [0.717, 1.165) is 24.3 Å².